The minimum absolute atomic E-state index is 0.688. The van der Waals surface area contributed by atoms with Crippen LogP contribution in [0.3, 0.4) is 0 Å². The average molecular weight is 342 g/mol. The van der Waals surface area contributed by atoms with E-state index < -0.39 is 0 Å². The van der Waals surface area contributed by atoms with Crippen LogP contribution in [0.2, 0.25) is 0 Å². The Morgan fingerprint density at radius 1 is 1.20 bits per heavy atom. The monoisotopic (exact) mass is 341 g/mol. The summed E-state index contributed by atoms with van der Waals surface area (Å²) in [7, 11) is 1.75. The molecular weight excluding hydrogens is 314 g/mol. The highest BCUT2D eigenvalue weighted by molar-refractivity contribution is 9.10. The molecule has 0 fully saturated rings. The normalized spacial score (nSPS) is 12.8. The zero-order valence-corrected chi connectivity index (χ0v) is 14.6. The van der Waals surface area contributed by atoms with Crippen LogP contribution in [0.1, 0.15) is 32.3 Å². The molecule has 1 atom stereocenters. The van der Waals surface area contributed by atoms with Gasteiger partial charge in [-0.3, -0.25) is 0 Å². The Kier molecular flexibility index (Phi) is 9.16. The maximum atomic E-state index is 5.09. The topological polar surface area (TPSA) is 21.3 Å². The van der Waals surface area contributed by atoms with Gasteiger partial charge in [-0.25, -0.2) is 0 Å². The summed E-state index contributed by atoms with van der Waals surface area (Å²) in [6.45, 7) is 7.38. The minimum atomic E-state index is 0.688. The zero-order valence-electron chi connectivity index (χ0n) is 13.0. The predicted octanol–water partition coefficient (Wildman–Crippen LogP) is 4.28. The van der Waals surface area contributed by atoms with Crippen molar-refractivity contribution in [2.24, 2.45) is 11.8 Å². The Hall–Kier alpha value is -0.380. The van der Waals surface area contributed by atoms with E-state index >= 15 is 0 Å². The molecule has 114 valence electrons. The maximum Gasteiger partial charge on any atom is 0.0587 e. The van der Waals surface area contributed by atoms with Crippen molar-refractivity contribution in [3.05, 3.63) is 34.3 Å². The van der Waals surface area contributed by atoms with Crippen LogP contribution in [0, 0.1) is 11.8 Å². The van der Waals surface area contributed by atoms with Gasteiger partial charge in [0.15, 0.2) is 0 Å². The SMILES string of the molecule is COCCNCC(CCC(C)C)Cc1ccccc1Br. The van der Waals surface area contributed by atoms with E-state index in [2.05, 4.69) is 59.4 Å². The third kappa shape index (κ3) is 7.41. The molecule has 1 unspecified atom stereocenters. The molecule has 0 saturated carbocycles. The van der Waals surface area contributed by atoms with E-state index in [4.69, 9.17) is 4.74 Å². The Balaban J connectivity index is 2.50. The number of nitrogens with one attached hydrogen (secondary N) is 1. The molecule has 2 nitrogen and oxygen atoms in total. The van der Waals surface area contributed by atoms with Crippen molar-refractivity contribution in [2.45, 2.75) is 33.1 Å². The van der Waals surface area contributed by atoms with Gasteiger partial charge in [-0.05, 0) is 42.9 Å². The largest absolute Gasteiger partial charge is 0.383 e. The molecule has 0 aliphatic carbocycles. The Labute approximate surface area is 132 Å². The number of benzene rings is 1. The summed E-state index contributed by atoms with van der Waals surface area (Å²) in [6.07, 6.45) is 3.70. The zero-order chi connectivity index (χ0) is 14.8. The molecule has 0 radical (unpaired) electrons. The number of rotatable bonds is 10. The smallest absolute Gasteiger partial charge is 0.0587 e. The van der Waals surface area contributed by atoms with Crippen molar-refractivity contribution >= 4 is 15.9 Å². The molecular formula is C17H28BrNO. The van der Waals surface area contributed by atoms with E-state index in [1.165, 1.54) is 22.9 Å². The standard InChI is InChI=1S/C17H28BrNO/c1-14(2)8-9-15(13-19-10-11-20-3)12-16-6-4-5-7-17(16)18/h4-7,14-15,19H,8-13H2,1-3H3. The first-order valence-corrected chi connectivity index (χ1v) is 8.35. The second kappa shape index (κ2) is 10.4. The van der Waals surface area contributed by atoms with E-state index in [1.807, 2.05) is 0 Å². The molecule has 1 aromatic rings. The van der Waals surface area contributed by atoms with Crippen molar-refractivity contribution in [2.75, 3.05) is 26.8 Å². The quantitative estimate of drug-likeness (QED) is 0.641. The number of hydrogen-bond acceptors (Lipinski definition) is 2. The summed E-state index contributed by atoms with van der Waals surface area (Å²) >= 11 is 3.66. The van der Waals surface area contributed by atoms with Gasteiger partial charge < -0.3 is 10.1 Å². The number of ether oxygens (including phenoxy) is 1. The first-order valence-electron chi connectivity index (χ1n) is 7.56. The third-order valence-electron chi connectivity index (χ3n) is 3.53. The lowest BCUT2D eigenvalue weighted by Gasteiger charge is -2.19. The fourth-order valence-electron chi connectivity index (χ4n) is 2.30. The molecule has 1 N–H and O–H groups in total. The Bertz CT molecular complexity index is 368. The van der Waals surface area contributed by atoms with Gasteiger partial charge in [0.05, 0.1) is 6.61 Å². The third-order valence-corrected chi connectivity index (χ3v) is 4.31. The molecule has 0 spiro atoms. The molecule has 1 rings (SSSR count). The van der Waals surface area contributed by atoms with Crippen LogP contribution in [0.5, 0.6) is 0 Å². The molecule has 0 aliphatic heterocycles. The van der Waals surface area contributed by atoms with Crippen molar-refractivity contribution in [1.29, 1.82) is 0 Å². The average Bonchev–Trinajstić information content (AvgIpc) is 2.42. The summed E-state index contributed by atoms with van der Waals surface area (Å²) < 4.78 is 6.32. The molecule has 0 saturated heterocycles. The lowest BCUT2D eigenvalue weighted by atomic mass is 9.92. The summed E-state index contributed by atoms with van der Waals surface area (Å²) in [5, 5.41) is 3.51. The minimum Gasteiger partial charge on any atom is -0.383 e. The van der Waals surface area contributed by atoms with Gasteiger partial charge in [-0.15, -0.1) is 0 Å². The second-order valence-electron chi connectivity index (χ2n) is 5.83. The van der Waals surface area contributed by atoms with Gasteiger partial charge in [-0.1, -0.05) is 54.4 Å². The van der Waals surface area contributed by atoms with Crippen molar-refractivity contribution < 1.29 is 4.74 Å². The van der Waals surface area contributed by atoms with E-state index in [1.54, 1.807) is 7.11 Å². The highest BCUT2D eigenvalue weighted by atomic mass is 79.9. The van der Waals surface area contributed by atoms with Crippen molar-refractivity contribution in [1.82, 2.24) is 5.32 Å². The number of methoxy groups -OCH3 is 1. The Morgan fingerprint density at radius 3 is 2.60 bits per heavy atom. The molecule has 0 aliphatic rings. The molecule has 0 heterocycles. The molecule has 0 amide bonds. The van der Waals surface area contributed by atoms with E-state index in [9.17, 15) is 0 Å². The van der Waals surface area contributed by atoms with Gasteiger partial charge >= 0.3 is 0 Å². The first kappa shape index (κ1) is 17.7. The van der Waals surface area contributed by atoms with Crippen LogP contribution in [-0.4, -0.2) is 26.8 Å². The fraction of sp³-hybridized carbons (Fsp3) is 0.647. The summed E-state index contributed by atoms with van der Waals surface area (Å²) in [5.41, 5.74) is 1.41. The number of hydrogen-bond donors (Lipinski definition) is 1. The van der Waals surface area contributed by atoms with Gasteiger partial charge in [0, 0.05) is 18.1 Å². The molecule has 0 bridgehead atoms. The van der Waals surface area contributed by atoms with Gasteiger partial charge in [-0.2, -0.15) is 0 Å². The van der Waals surface area contributed by atoms with Gasteiger partial charge in [0.25, 0.3) is 0 Å². The summed E-state index contributed by atoms with van der Waals surface area (Å²) in [6, 6.07) is 8.56. The van der Waals surface area contributed by atoms with Crippen LogP contribution in [0.15, 0.2) is 28.7 Å². The van der Waals surface area contributed by atoms with E-state index in [-0.39, 0.29) is 0 Å². The highest BCUT2D eigenvalue weighted by Crippen LogP contribution is 2.22. The van der Waals surface area contributed by atoms with Crippen molar-refractivity contribution in [3.8, 4) is 0 Å². The van der Waals surface area contributed by atoms with E-state index in [0.29, 0.717) is 5.92 Å². The Morgan fingerprint density at radius 2 is 1.95 bits per heavy atom. The fourth-order valence-corrected chi connectivity index (χ4v) is 2.75. The lowest BCUT2D eigenvalue weighted by Crippen LogP contribution is -2.27. The second-order valence-corrected chi connectivity index (χ2v) is 6.68. The van der Waals surface area contributed by atoms with Crippen LogP contribution < -0.4 is 5.32 Å². The molecule has 0 aromatic heterocycles. The lowest BCUT2D eigenvalue weighted by molar-refractivity contribution is 0.197. The molecule has 20 heavy (non-hydrogen) atoms. The van der Waals surface area contributed by atoms with Crippen LogP contribution in [0.4, 0.5) is 0 Å². The first-order chi connectivity index (χ1) is 9.63. The summed E-state index contributed by atoms with van der Waals surface area (Å²) in [5.74, 6) is 1.46. The molecule has 1 aromatic carbocycles. The summed E-state index contributed by atoms with van der Waals surface area (Å²) in [4.78, 5) is 0. The van der Waals surface area contributed by atoms with Crippen molar-refractivity contribution in [3.63, 3.8) is 0 Å². The van der Waals surface area contributed by atoms with E-state index in [0.717, 1.165) is 32.0 Å². The predicted molar refractivity (Wildman–Crippen MR) is 90.2 cm³/mol. The maximum absolute atomic E-state index is 5.09. The number of halogens is 1. The highest BCUT2D eigenvalue weighted by Gasteiger charge is 2.12. The van der Waals surface area contributed by atoms with Gasteiger partial charge in [0.2, 0.25) is 0 Å². The molecule has 3 heteroatoms. The van der Waals surface area contributed by atoms with Crippen LogP contribution in [0.25, 0.3) is 0 Å². The van der Waals surface area contributed by atoms with Crippen LogP contribution in [-0.2, 0) is 11.2 Å². The van der Waals surface area contributed by atoms with Gasteiger partial charge in [0.1, 0.15) is 0 Å². The van der Waals surface area contributed by atoms with Crippen LogP contribution >= 0.6 is 15.9 Å².